The number of carbonyl (C=O) groups is 2. The molecule has 2 aromatic rings. The van der Waals surface area contributed by atoms with Crippen LogP contribution in [0.1, 0.15) is 12.5 Å². The Morgan fingerprint density at radius 1 is 1.24 bits per heavy atom. The summed E-state index contributed by atoms with van der Waals surface area (Å²) in [6.45, 7) is 2.30. The first kappa shape index (κ1) is 21.4. The predicted molar refractivity (Wildman–Crippen MR) is 117 cm³/mol. The molecule has 0 unspecified atom stereocenters. The minimum atomic E-state index is -0.567. The molecule has 5 nitrogen and oxygen atoms in total. The first-order valence-corrected chi connectivity index (χ1v) is 10.4. The number of halogens is 3. The van der Waals surface area contributed by atoms with Crippen molar-refractivity contribution in [3.63, 3.8) is 0 Å². The zero-order valence-corrected chi connectivity index (χ0v) is 17.6. The average molecular weight is 452 g/mol. The Labute approximate surface area is 181 Å². The molecule has 0 saturated heterocycles. The molecule has 3 rings (SSSR count). The van der Waals surface area contributed by atoms with Gasteiger partial charge in [0.05, 0.1) is 21.5 Å². The third-order valence-corrected chi connectivity index (χ3v) is 5.55. The summed E-state index contributed by atoms with van der Waals surface area (Å²) in [6, 6.07) is 10.8. The average Bonchev–Trinajstić information content (AvgIpc) is 2.99. The van der Waals surface area contributed by atoms with E-state index in [9.17, 15) is 14.0 Å². The molecule has 2 amide bonds. The molecule has 1 aliphatic heterocycles. The molecular formula is C20H16Cl2FN3O2S. The van der Waals surface area contributed by atoms with Gasteiger partial charge in [0, 0.05) is 6.54 Å². The van der Waals surface area contributed by atoms with Gasteiger partial charge >= 0.3 is 0 Å². The summed E-state index contributed by atoms with van der Waals surface area (Å²) in [5.74, 6) is -1.23. The number of para-hydroxylation sites is 1. The van der Waals surface area contributed by atoms with Crippen LogP contribution in [0, 0.1) is 5.82 Å². The Kier molecular flexibility index (Phi) is 6.95. The molecule has 0 atom stereocenters. The second-order valence-electron chi connectivity index (χ2n) is 5.93. The van der Waals surface area contributed by atoms with Gasteiger partial charge in [-0.05, 0) is 42.8 Å². The lowest BCUT2D eigenvalue weighted by atomic mass is 10.2. The molecule has 1 aliphatic rings. The molecule has 2 aromatic carbocycles. The van der Waals surface area contributed by atoms with Gasteiger partial charge in [0.25, 0.3) is 5.91 Å². The van der Waals surface area contributed by atoms with Crippen LogP contribution < -0.4 is 10.2 Å². The first-order valence-electron chi connectivity index (χ1n) is 8.64. The quantitative estimate of drug-likeness (QED) is 0.667. The summed E-state index contributed by atoms with van der Waals surface area (Å²) in [7, 11) is 0. The fourth-order valence-electron chi connectivity index (χ4n) is 2.58. The normalized spacial score (nSPS) is 15.0. The van der Waals surface area contributed by atoms with E-state index in [-0.39, 0.29) is 28.2 Å². The van der Waals surface area contributed by atoms with Gasteiger partial charge in [-0.15, -0.1) is 0 Å². The number of thioether (sulfide) groups is 1. The third-order valence-electron chi connectivity index (χ3n) is 3.88. The number of amides is 2. The van der Waals surface area contributed by atoms with Crippen LogP contribution in [-0.2, 0) is 9.59 Å². The number of hydrogen-bond donors (Lipinski definition) is 1. The Hall–Kier alpha value is -2.35. The maximum absolute atomic E-state index is 14.4. The molecule has 0 radical (unpaired) electrons. The maximum atomic E-state index is 14.4. The molecular weight excluding hydrogens is 436 g/mol. The number of rotatable bonds is 5. The van der Waals surface area contributed by atoms with E-state index in [1.807, 2.05) is 6.92 Å². The molecule has 0 saturated carbocycles. The van der Waals surface area contributed by atoms with E-state index in [4.69, 9.17) is 23.2 Å². The number of carbonyl (C=O) groups excluding carboxylic acids is 2. The van der Waals surface area contributed by atoms with Gasteiger partial charge < -0.3 is 5.32 Å². The third kappa shape index (κ3) is 4.98. The smallest absolute Gasteiger partial charge is 0.283 e. The van der Waals surface area contributed by atoms with Crippen molar-refractivity contribution in [2.75, 3.05) is 17.2 Å². The summed E-state index contributed by atoms with van der Waals surface area (Å²) >= 11 is 13.0. The van der Waals surface area contributed by atoms with Crippen LogP contribution in [-0.4, -0.2) is 29.3 Å². The van der Waals surface area contributed by atoms with Crippen molar-refractivity contribution in [2.45, 2.75) is 6.92 Å². The van der Waals surface area contributed by atoms with E-state index in [2.05, 4.69) is 10.3 Å². The van der Waals surface area contributed by atoms with Crippen LogP contribution in [0.2, 0.25) is 10.0 Å². The van der Waals surface area contributed by atoms with Gasteiger partial charge in [-0.25, -0.2) is 9.38 Å². The van der Waals surface area contributed by atoms with Crippen LogP contribution >= 0.6 is 35.0 Å². The minimum Gasteiger partial charge on any atom is -0.356 e. The van der Waals surface area contributed by atoms with Crippen molar-refractivity contribution in [2.24, 2.45) is 4.99 Å². The molecule has 0 fully saturated rings. The largest absolute Gasteiger partial charge is 0.356 e. The number of aliphatic imine (C=N–C) groups is 1. The van der Waals surface area contributed by atoms with Crippen LogP contribution in [0.5, 0.6) is 0 Å². The van der Waals surface area contributed by atoms with Gasteiger partial charge in [0.2, 0.25) is 5.91 Å². The summed E-state index contributed by atoms with van der Waals surface area (Å²) in [6.07, 6.45) is 1.54. The van der Waals surface area contributed by atoms with Crippen LogP contribution in [0.3, 0.4) is 0 Å². The number of amidine groups is 1. The van der Waals surface area contributed by atoms with Gasteiger partial charge in [0.15, 0.2) is 5.17 Å². The van der Waals surface area contributed by atoms with Crippen molar-refractivity contribution >= 4 is 63.7 Å². The highest BCUT2D eigenvalue weighted by molar-refractivity contribution is 8.14. The molecule has 29 heavy (non-hydrogen) atoms. The van der Waals surface area contributed by atoms with Gasteiger partial charge in [0.1, 0.15) is 11.5 Å². The lowest BCUT2D eigenvalue weighted by Crippen LogP contribution is -2.32. The van der Waals surface area contributed by atoms with E-state index in [1.54, 1.807) is 24.3 Å². The minimum absolute atomic E-state index is 0.0466. The number of hydrogen-bond acceptors (Lipinski definition) is 4. The van der Waals surface area contributed by atoms with Crippen LogP contribution in [0.4, 0.5) is 10.1 Å². The molecule has 0 aromatic heterocycles. The molecule has 0 aliphatic carbocycles. The van der Waals surface area contributed by atoms with Gasteiger partial charge in [-0.3, -0.25) is 14.5 Å². The molecule has 1 heterocycles. The summed E-state index contributed by atoms with van der Waals surface area (Å²) < 4.78 is 14.4. The highest BCUT2D eigenvalue weighted by Crippen LogP contribution is 2.31. The van der Waals surface area contributed by atoms with Crippen LogP contribution in [0.15, 0.2) is 53.2 Å². The van der Waals surface area contributed by atoms with Crippen molar-refractivity contribution < 1.29 is 14.0 Å². The molecule has 150 valence electrons. The Balaban J connectivity index is 1.96. The fraction of sp³-hybridized carbons (Fsp3) is 0.150. The van der Waals surface area contributed by atoms with Crippen molar-refractivity contribution in [1.82, 2.24) is 5.32 Å². The SMILES string of the molecule is CCNC(=O)CSC1=N/C(=C\c2ccc(Cl)c(Cl)c2)C(=O)N1c1ccccc1F. The number of benzene rings is 2. The monoisotopic (exact) mass is 451 g/mol. The Bertz CT molecular complexity index is 1030. The molecule has 0 spiro atoms. The highest BCUT2D eigenvalue weighted by Gasteiger charge is 2.33. The standard InChI is InChI=1S/C20H16Cl2FN3O2S/c1-2-24-18(27)11-29-20-25-16(10-12-7-8-13(21)14(22)9-12)19(28)26(20)17-6-4-3-5-15(17)23/h3-10H,2,11H2,1H3,(H,24,27)/b16-10-. The predicted octanol–water partition coefficient (Wildman–Crippen LogP) is 4.75. The lowest BCUT2D eigenvalue weighted by Gasteiger charge is -2.18. The molecule has 0 bridgehead atoms. The Morgan fingerprint density at radius 3 is 2.69 bits per heavy atom. The molecule has 1 N–H and O–H groups in total. The Morgan fingerprint density at radius 2 is 2.00 bits per heavy atom. The van der Waals surface area contributed by atoms with Gasteiger partial charge in [-0.1, -0.05) is 53.2 Å². The van der Waals surface area contributed by atoms with Gasteiger partial charge in [-0.2, -0.15) is 0 Å². The topological polar surface area (TPSA) is 61.8 Å². The van der Waals surface area contributed by atoms with Crippen LogP contribution in [0.25, 0.3) is 6.08 Å². The summed E-state index contributed by atoms with van der Waals surface area (Å²) in [5.41, 5.74) is 0.789. The zero-order chi connectivity index (χ0) is 21.0. The number of nitrogens with one attached hydrogen (secondary N) is 1. The number of nitrogens with zero attached hydrogens (tertiary/aromatic N) is 2. The van der Waals surface area contributed by atoms with E-state index in [0.29, 0.717) is 22.2 Å². The summed E-state index contributed by atoms with van der Waals surface area (Å²) in [4.78, 5) is 30.3. The van der Waals surface area contributed by atoms with E-state index in [0.717, 1.165) is 11.8 Å². The molecule has 9 heteroatoms. The second-order valence-corrected chi connectivity index (χ2v) is 7.69. The number of anilines is 1. The van der Waals surface area contributed by atoms with Crippen molar-refractivity contribution in [1.29, 1.82) is 0 Å². The summed E-state index contributed by atoms with van der Waals surface area (Å²) in [5, 5.41) is 3.63. The lowest BCUT2D eigenvalue weighted by molar-refractivity contribution is -0.118. The van der Waals surface area contributed by atoms with E-state index >= 15 is 0 Å². The second kappa shape index (κ2) is 9.43. The van der Waals surface area contributed by atoms with Crippen molar-refractivity contribution in [3.05, 3.63) is 69.6 Å². The fourth-order valence-corrected chi connectivity index (χ4v) is 3.72. The maximum Gasteiger partial charge on any atom is 0.283 e. The van der Waals surface area contributed by atoms with E-state index < -0.39 is 11.7 Å². The van der Waals surface area contributed by atoms with E-state index in [1.165, 1.54) is 29.2 Å². The van der Waals surface area contributed by atoms with Crippen molar-refractivity contribution in [3.8, 4) is 0 Å². The highest BCUT2D eigenvalue weighted by atomic mass is 35.5. The first-order chi connectivity index (χ1) is 13.9. The zero-order valence-electron chi connectivity index (χ0n) is 15.3.